The second kappa shape index (κ2) is 9.27. The Hall–Kier alpha value is -3.59. The van der Waals surface area contributed by atoms with E-state index in [4.69, 9.17) is 9.15 Å². The molecule has 9 heteroatoms. The molecule has 3 aromatic heterocycles. The van der Waals surface area contributed by atoms with Gasteiger partial charge < -0.3 is 14.5 Å². The van der Waals surface area contributed by atoms with Crippen LogP contribution in [0.5, 0.6) is 5.75 Å². The monoisotopic (exact) mass is 421 g/mol. The van der Waals surface area contributed by atoms with Gasteiger partial charge in [0.15, 0.2) is 11.0 Å². The maximum Gasteiger partial charge on any atom is 0.234 e. The SMILES string of the molecule is COc1ccccc1NC(=O)CSc1nnc(-c2cccnc2)n1Cc1ccco1. The number of nitrogens with zero attached hydrogens (tertiary/aromatic N) is 4. The predicted molar refractivity (Wildman–Crippen MR) is 113 cm³/mol. The highest BCUT2D eigenvalue weighted by molar-refractivity contribution is 7.99. The molecule has 1 amide bonds. The van der Waals surface area contributed by atoms with Gasteiger partial charge in [-0.15, -0.1) is 10.2 Å². The molecular weight excluding hydrogens is 402 g/mol. The molecule has 0 saturated carbocycles. The van der Waals surface area contributed by atoms with Crippen LogP contribution in [0, 0.1) is 0 Å². The zero-order chi connectivity index (χ0) is 20.8. The number of pyridine rings is 1. The number of anilines is 1. The molecule has 0 atom stereocenters. The minimum absolute atomic E-state index is 0.167. The maximum atomic E-state index is 12.5. The Morgan fingerprint density at radius 2 is 2.07 bits per heavy atom. The number of nitrogens with one attached hydrogen (secondary N) is 1. The Labute approximate surface area is 177 Å². The minimum Gasteiger partial charge on any atom is -0.495 e. The van der Waals surface area contributed by atoms with E-state index in [0.717, 1.165) is 11.3 Å². The number of methoxy groups -OCH3 is 1. The number of ether oxygens (including phenoxy) is 1. The first-order valence-electron chi connectivity index (χ1n) is 9.16. The van der Waals surface area contributed by atoms with Crippen LogP contribution in [-0.2, 0) is 11.3 Å². The lowest BCUT2D eigenvalue weighted by Crippen LogP contribution is -2.15. The molecule has 0 saturated heterocycles. The summed E-state index contributed by atoms with van der Waals surface area (Å²) in [4.78, 5) is 16.6. The fraction of sp³-hybridized carbons (Fsp3) is 0.143. The number of aromatic nitrogens is 4. The van der Waals surface area contributed by atoms with E-state index in [1.807, 2.05) is 41.0 Å². The van der Waals surface area contributed by atoms with Crippen LogP contribution >= 0.6 is 11.8 Å². The van der Waals surface area contributed by atoms with E-state index in [-0.39, 0.29) is 11.7 Å². The molecular formula is C21H19N5O3S. The van der Waals surface area contributed by atoms with Gasteiger partial charge in [0.1, 0.15) is 11.5 Å². The van der Waals surface area contributed by atoms with Gasteiger partial charge in [-0.2, -0.15) is 0 Å². The summed E-state index contributed by atoms with van der Waals surface area (Å²) < 4.78 is 12.7. The highest BCUT2D eigenvalue weighted by atomic mass is 32.2. The highest BCUT2D eigenvalue weighted by Crippen LogP contribution is 2.26. The Morgan fingerprint density at radius 1 is 1.17 bits per heavy atom. The molecule has 152 valence electrons. The van der Waals surface area contributed by atoms with Crippen molar-refractivity contribution in [2.24, 2.45) is 0 Å². The second-order valence-corrected chi connectivity index (χ2v) is 7.19. The van der Waals surface area contributed by atoms with Crippen molar-refractivity contribution in [1.29, 1.82) is 0 Å². The third-order valence-electron chi connectivity index (χ3n) is 4.24. The average molecular weight is 421 g/mol. The zero-order valence-corrected chi connectivity index (χ0v) is 17.0. The molecule has 1 aromatic carbocycles. The first-order chi connectivity index (χ1) is 14.7. The van der Waals surface area contributed by atoms with E-state index >= 15 is 0 Å². The first-order valence-corrected chi connectivity index (χ1v) is 10.1. The lowest BCUT2D eigenvalue weighted by Gasteiger charge is -2.10. The van der Waals surface area contributed by atoms with Crippen LogP contribution in [0.2, 0.25) is 0 Å². The van der Waals surface area contributed by atoms with Gasteiger partial charge in [0.25, 0.3) is 0 Å². The van der Waals surface area contributed by atoms with E-state index in [9.17, 15) is 4.79 Å². The van der Waals surface area contributed by atoms with Gasteiger partial charge in [-0.05, 0) is 36.4 Å². The summed E-state index contributed by atoms with van der Waals surface area (Å²) in [5, 5.41) is 12.1. The molecule has 0 bridgehead atoms. The topological polar surface area (TPSA) is 95.1 Å². The molecule has 0 unspecified atom stereocenters. The third-order valence-corrected chi connectivity index (χ3v) is 5.21. The minimum atomic E-state index is -0.167. The van der Waals surface area contributed by atoms with Gasteiger partial charge in [0.2, 0.25) is 5.91 Å². The second-order valence-electron chi connectivity index (χ2n) is 6.25. The summed E-state index contributed by atoms with van der Waals surface area (Å²) in [6.45, 7) is 0.445. The number of rotatable bonds is 8. The van der Waals surface area contributed by atoms with Gasteiger partial charge in [0, 0.05) is 18.0 Å². The van der Waals surface area contributed by atoms with Crippen LogP contribution in [0.4, 0.5) is 5.69 Å². The van der Waals surface area contributed by atoms with E-state index in [0.29, 0.717) is 29.0 Å². The Bertz CT molecular complexity index is 1110. The number of carbonyl (C=O) groups excluding carboxylic acids is 1. The zero-order valence-electron chi connectivity index (χ0n) is 16.2. The van der Waals surface area contributed by atoms with Gasteiger partial charge in [-0.3, -0.25) is 14.3 Å². The average Bonchev–Trinajstić information content (AvgIpc) is 3.44. The van der Waals surface area contributed by atoms with Crippen molar-refractivity contribution in [3.05, 3.63) is 72.9 Å². The third kappa shape index (κ3) is 4.52. The number of furan rings is 1. The number of amides is 1. The van der Waals surface area contributed by atoms with Crippen LogP contribution in [-0.4, -0.2) is 38.5 Å². The van der Waals surface area contributed by atoms with Crippen molar-refractivity contribution in [3.63, 3.8) is 0 Å². The van der Waals surface area contributed by atoms with Crippen LogP contribution in [0.25, 0.3) is 11.4 Å². The van der Waals surface area contributed by atoms with E-state index in [1.165, 1.54) is 11.8 Å². The number of hydrogen-bond donors (Lipinski definition) is 1. The predicted octanol–water partition coefficient (Wildman–Crippen LogP) is 3.72. The molecule has 30 heavy (non-hydrogen) atoms. The van der Waals surface area contributed by atoms with Crippen LogP contribution in [0.1, 0.15) is 5.76 Å². The number of thioether (sulfide) groups is 1. The quantitative estimate of drug-likeness (QED) is 0.433. The molecule has 4 rings (SSSR count). The summed E-state index contributed by atoms with van der Waals surface area (Å²) >= 11 is 1.30. The summed E-state index contributed by atoms with van der Waals surface area (Å²) in [6, 6.07) is 14.7. The molecule has 0 fully saturated rings. The van der Waals surface area contributed by atoms with E-state index in [1.54, 1.807) is 37.9 Å². The van der Waals surface area contributed by atoms with Gasteiger partial charge >= 0.3 is 0 Å². The van der Waals surface area contributed by atoms with Crippen molar-refractivity contribution >= 4 is 23.4 Å². The number of benzene rings is 1. The molecule has 4 aromatic rings. The fourth-order valence-electron chi connectivity index (χ4n) is 2.87. The number of hydrogen-bond acceptors (Lipinski definition) is 7. The van der Waals surface area contributed by atoms with Crippen molar-refractivity contribution in [1.82, 2.24) is 19.7 Å². The van der Waals surface area contributed by atoms with Crippen LogP contribution in [0.3, 0.4) is 0 Å². The number of para-hydroxylation sites is 2. The van der Waals surface area contributed by atoms with Crippen molar-refractivity contribution in [2.45, 2.75) is 11.7 Å². The van der Waals surface area contributed by atoms with E-state index in [2.05, 4.69) is 20.5 Å². The maximum absolute atomic E-state index is 12.5. The molecule has 0 radical (unpaired) electrons. The Balaban J connectivity index is 1.52. The smallest absolute Gasteiger partial charge is 0.234 e. The normalized spacial score (nSPS) is 10.7. The van der Waals surface area contributed by atoms with Crippen molar-refractivity contribution in [2.75, 3.05) is 18.2 Å². The van der Waals surface area contributed by atoms with Gasteiger partial charge in [-0.25, -0.2) is 0 Å². The van der Waals surface area contributed by atoms with Gasteiger partial charge in [0.05, 0.1) is 31.4 Å². The molecule has 8 nitrogen and oxygen atoms in total. The molecule has 0 spiro atoms. The van der Waals surface area contributed by atoms with Crippen molar-refractivity contribution < 1.29 is 13.9 Å². The molecule has 0 aliphatic heterocycles. The largest absolute Gasteiger partial charge is 0.495 e. The lowest BCUT2D eigenvalue weighted by atomic mass is 10.2. The summed E-state index contributed by atoms with van der Waals surface area (Å²) in [6.07, 6.45) is 5.05. The summed E-state index contributed by atoms with van der Waals surface area (Å²) in [5.41, 5.74) is 1.46. The Kier molecular flexibility index (Phi) is 6.09. The van der Waals surface area contributed by atoms with Crippen molar-refractivity contribution in [3.8, 4) is 17.1 Å². The molecule has 1 N–H and O–H groups in total. The lowest BCUT2D eigenvalue weighted by molar-refractivity contribution is -0.113. The van der Waals surface area contributed by atoms with Crippen LogP contribution < -0.4 is 10.1 Å². The summed E-state index contributed by atoms with van der Waals surface area (Å²) in [7, 11) is 1.57. The highest BCUT2D eigenvalue weighted by Gasteiger charge is 2.17. The number of carbonyl (C=O) groups is 1. The van der Waals surface area contributed by atoms with Gasteiger partial charge in [-0.1, -0.05) is 23.9 Å². The van der Waals surface area contributed by atoms with E-state index < -0.39 is 0 Å². The molecule has 3 heterocycles. The first kappa shape index (κ1) is 19.7. The molecule has 0 aliphatic carbocycles. The summed E-state index contributed by atoms with van der Waals surface area (Å²) in [5.74, 6) is 2.03. The fourth-order valence-corrected chi connectivity index (χ4v) is 3.61. The van der Waals surface area contributed by atoms with Crippen LogP contribution in [0.15, 0.2) is 76.8 Å². The molecule has 0 aliphatic rings. The Morgan fingerprint density at radius 3 is 2.83 bits per heavy atom. The standard InChI is InChI=1S/C21H19N5O3S/c1-28-18-9-3-2-8-17(18)23-19(27)14-30-21-25-24-20(15-6-4-10-22-12-15)26(21)13-16-7-5-11-29-16/h2-12H,13-14H2,1H3,(H,23,27).